The highest BCUT2D eigenvalue weighted by Crippen LogP contribution is 2.42. The number of hydrogen-bond acceptors (Lipinski definition) is 5. The topological polar surface area (TPSA) is 71.0 Å². The number of benzene rings is 5. The van der Waals surface area contributed by atoms with Gasteiger partial charge in [0.25, 0.3) is 5.91 Å². The van der Waals surface area contributed by atoms with E-state index in [2.05, 4.69) is 65.7 Å². The number of nitrogens with zero attached hydrogens (tertiary/aromatic N) is 1. The molecule has 1 aliphatic rings. The van der Waals surface area contributed by atoms with Gasteiger partial charge in [0.2, 0.25) is 0 Å². The van der Waals surface area contributed by atoms with E-state index >= 15 is 0 Å². The Morgan fingerprint density at radius 2 is 1.22 bits per heavy atom. The Bertz CT molecular complexity index is 1620. The van der Waals surface area contributed by atoms with Crippen molar-refractivity contribution in [3.63, 3.8) is 0 Å². The third-order valence-electron chi connectivity index (χ3n) is 8.54. The minimum Gasteiger partial charge on any atom is -0.392 e. The van der Waals surface area contributed by atoms with Crippen molar-refractivity contribution in [3.8, 4) is 0 Å². The number of amides is 1. The molecule has 6 heteroatoms. The van der Waals surface area contributed by atoms with Crippen LogP contribution in [-0.2, 0) is 29.2 Å². The van der Waals surface area contributed by atoms with Crippen molar-refractivity contribution >= 4 is 11.6 Å². The van der Waals surface area contributed by atoms with Crippen molar-refractivity contribution in [2.45, 2.75) is 45.1 Å². The first kappa shape index (κ1) is 31.4. The van der Waals surface area contributed by atoms with Crippen molar-refractivity contribution in [2.24, 2.45) is 5.92 Å². The molecule has 5 aromatic rings. The van der Waals surface area contributed by atoms with Crippen LogP contribution in [0.25, 0.3) is 0 Å². The Morgan fingerprint density at radius 1 is 0.674 bits per heavy atom. The molecular weight excluding hydrogens is 572 g/mol. The van der Waals surface area contributed by atoms with Crippen LogP contribution in [0.4, 0.5) is 5.69 Å². The molecule has 0 saturated carbocycles. The molecule has 1 fully saturated rings. The van der Waals surface area contributed by atoms with Crippen LogP contribution in [0, 0.1) is 5.92 Å². The maximum atomic E-state index is 12.7. The van der Waals surface area contributed by atoms with Crippen LogP contribution in [0.15, 0.2) is 140 Å². The summed E-state index contributed by atoms with van der Waals surface area (Å²) in [5.74, 6) is -0.106. The lowest BCUT2D eigenvalue weighted by atomic mass is 9.89. The fourth-order valence-electron chi connectivity index (χ4n) is 5.97. The molecule has 5 aromatic carbocycles. The smallest absolute Gasteiger partial charge is 0.255 e. The standard InChI is InChI=1S/C40H40N2O4/c1-29-37(27-42(25-30-11-5-2-6-12-30)26-31-13-7-3-8-14-31)45-40(46-38(29)33-19-17-32(28-43)18-20-33)35-21-23-36(24-22-35)41-39(44)34-15-9-4-10-16-34/h2-24,29,37-38,40,43H,25-28H2,1H3,(H,41,44). The van der Waals surface area contributed by atoms with Gasteiger partial charge in [-0.3, -0.25) is 9.69 Å². The second kappa shape index (κ2) is 15.1. The number of ether oxygens (including phenoxy) is 2. The number of carbonyl (C=O) groups excluding carboxylic acids is 1. The van der Waals surface area contributed by atoms with E-state index in [9.17, 15) is 9.90 Å². The average molecular weight is 613 g/mol. The fraction of sp³-hybridized carbons (Fsp3) is 0.225. The predicted molar refractivity (Wildman–Crippen MR) is 181 cm³/mol. The minimum atomic E-state index is -0.599. The van der Waals surface area contributed by atoms with Gasteiger partial charge in [0.05, 0.1) is 18.8 Å². The van der Waals surface area contributed by atoms with E-state index in [1.807, 2.05) is 78.9 Å². The average Bonchev–Trinajstić information content (AvgIpc) is 3.11. The number of hydrogen-bond donors (Lipinski definition) is 2. The van der Waals surface area contributed by atoms with Crippen molar-refractivity contribution in [3.05, 3.63) is 173 Å². The lowest BCUT2D eigenvalue weighted by Crippen LogP contribution is -2.44. The van der Waals surface area contributed by atoms with E-state index in [0.717, 1.165) is 29.8 Å². The van der Waals surface area contributed by atoms with Gasteiger partial charge in [0.15, 0.2) is 6.29 Å². The Hall–Kier alpha value is -4.59. The molecule has 4 atom stereocenters. The first-order valence-corrected chi connectivity index (χ1v) is 15.8. The summed E-state index contributed by atoms with van der Waals surface area (Å²) in [4.78, 5) is 15.2. The van der Waals surface area contributed by atoms with Crippen LogP contribution in [0.1, 0.15) is 57.5 Å². The summed E-state index contributed by atoms with van der Waals surface area (Å²) in [5.41, 5.74) is 6.59. The van der Waals surface area contributed by atoms with Crippen LogP contribution in [0.3, 0.4) is 0 Å². The molecule has 0 bridgehead atoms. The summed E-state index contributed by atoms with van der Waals surface area (Å²) in [5, 5.41) is 12.6. The number of aliphatic hydroxyl groups excluding tert-OH is 1. The Labute approximate surface area is 271 Å². The SMILES string of the molecule is CC1C(CN(Cc2ccccc2)Cc2ccccc2)OC(c2ccc(NC(=O)c3ccccc3)cc2)OC1c1ccc(CO)cc1. The summed E-state index contributed by atoms with van der Waals surface area (Å²) in [6.07, 6.45) is -0.951. The Kier molecular flexibility index (Phi) is 10.3. The molecule has 0 spiro atoms. The molecule has 0 aromatic heterocycles. The molecule has 6 nitrogen and oxygen atoms in total. The van der Waals surface area contributed by atoms with Crippen molar-refractivity contribution in [1.29, 1.82) is 0 Å². The molecule has 1 saturated heterocycles. The first-order valence-electron chi connectivity index (χ1n) is 15.8. The number of nitrogens with one attached hydrogen (secondary N) is 1. The molecule has 46 heavy (non-hydrogen) atoms. The van der Waals surface area contributed by atoms with Gasteiger partial charge in [0.1, 0.15) is 0 Å². The molecule has 4 unspecified atom stereocenters. The van der Waals surface area contributed by atoms with Crippen molar-refractivity contribution < 1.29 is 19.4 Å². The molecule has 1 amide bonds. The van der Waals surface area contributed by atoms with Gasteiger partial charge in [-0.05, 0) is 46.5 Å². The third-order valence-corrected chi connectivity index (χ3v) is 8.54. The molecule has 1 heterocycles. The second-order valence-corrected chi connectivity index (χ2v) is 11.9. The van der Waals surface area contributed by atoms with Gasteiger partial charge in [0, 0.05) is 42.4 Å². The molecule has 1 aliphatic heterocycles. The number of aliphatic hydroxyl groups is 1. The van der Waals surface area contributed by atoms with Crippen LogP contribution in [0.5, 0.6) is 0 Å². The zero-order valence-corrected chi connectivity index (χ0v) is 26.0. The number of carbonyl (C=O) groups is 1. The fourth-order valence-corrected chi connectivity index (χ4v) is 5.97. The zero-order valence-electron chi connectivity index (χ0n) is 26.0. The highest BCUT2D eigenvalue weighted by atomic mass is 16.7. The van der Waals surface area contributed by atoms with E-state index in [1.165, 1.54) is 11.1 Å². The van der Waals surface area contributed by atoms with E-state index < -0.39 is 6.29 Å². The number of anilines is 1. The van der Waals surface area contributed by atoms with Gasteiger partial charge in [-0.15, -0.1) is 0 Å². The molecule has 6 rings (SSSR count). The third kappa shape index (κ3) is 7.97. The molecule has 2 N–H and O–H groups in total. The van der Waals surface area contributed by atoms with Gasteiger partial charge in [-0.1, -0.05) is 122 Å². The number of rotatable bonds is 11. The Balaban J connectivity index is 1.25. The van der Waals surface area contributed by atoms with E-state index in [4.69, 9.17) is 9.47 Å². The summed E-state index contributed by atoms with van der Waals surface area (Å²) in [6.45, 7) is 4.48. The summed E-state index contributed by atoms with van der Waals surface area (Å²) in [7, 11) is 0. The lowest BCUT2D eigenvalue weighted by molar-refractivity contribution is -0.276. The molecule has 234 valence electrons. The quantitative estimate of drug-likeness (QED) is 0.159. The van der Waals surface area contributed by atoms with E-state index in [0.29, 0.717) is 17.8 Å². The zero-order chi connectivity index (χ0) is 31.7. The molecular formula is C40H40N2O4. The van der Waals surface area contributed by atoms with Gasteiger partial charge in [-0.25, -0.2) is 0 Å². The van der Waals surface area contributed by atoms with Crippen molar-refractivity contribution in [2.75, 3.05) is 11.9 Å². The highest BCUT2D eigenvalue weighted by Gasteiger charge is 2.39. The van der Waals surface area contributed by atoms with Gasteiger partial charge in [-0.2, -0.15) is 0 Å². The first-order chi connectivity index (χ1) is 22.6. The largest absolute Gasteiger partial charge is 0.392 e. The summed E-state index contributed by atoms with van der Waals surface area (Å²) < 4.78 is 13.5. The maximum Gasteiger partial charge on any atom is 0.255 e. The van der Waals surface area contributed by atoms with Crippen LogP contribution in [0.2, 0.25) is 0 Å². The van der Waals surface area contributed by atoms with Gasteiger partial charge >= 0.3 is 0 Å². The van der Waals surface area contributed by atoms with Crippen LogP contribution >= 0.6 is 0 Å². The van der Waals surface area contributed by atoms with Gasteiger partial charge < -0.3 is 19.9 Å². The molecule has 0 radical (unpaired) electrons. The Morgan fingerprint density at radius 3 is 1.78 bits per heavy atom. The second-order valence-electron chi connectivity index (χ2n) is 11.9. The summed E-state index contributed by atoms with van der Waals surface area (Å²) >= 11 is 0. The van der Waals surface area contributed by atoms with E-state index in [1.54, 1.807) is 12.1 Å². The van der Waals surface area contributed by atoms with Crippen LogP contribution < -0.4 is 5.32 Å². The summed E-state index contributed by atoms with van der Waals surface area (Å²) in [6, 6.07) is 45.9. The monoisotopic (exact) mass is 612 g/mol. The highest BCUT2D eigenvalue weighted by molar-refractivity contribution is 6.04. The lowest BCUT2D eigenvalue weighted by Gasteiger charge is -2.43. The normalized spacial score (nSPS) is 19.5. The van der Waals surface area contributed by atoms with Crippen LogP contribution in [-0.4, -0.2) is 28.6 Å². The maximum absolute atomic E-state index is 12.7. The molecule has 0 aliphatic carbocycles. The van der Waals surface area contributed by atoms with E-state index in [-0.39, 0.29) is 30.6 Å². The van der Waals surface area contributed by atoms with Crippen molar-refractivity contribution in [1.82, 2.24) is 4.90 Å². The predicted octanol–water partition coefficient (Wildman–Crippen LogP) is 7.93. The minimum absolute atomic E-state index is 0.00316.